The van der Waals surface area contributed by atoms with Crippen molar-refractivity contribution >= 4 is 39.8 Å². The highest BCUT2D eigenvalue weighted by Crippen LogP contribution is 2.34. The quantitative estimate of drug-likeness (QED) is 0.469. The second kappa shape index (κ2) is 10.3. The third-order valence-corrected chi connectivity index (χ3v) is 6.96. The number of ether oxygens (including phenoxy) is 1. The fourth-order valence-electron chi connectivity index (χ4n) is 4.19. The molecule has 34 heavy (non-hydrogen) atoms. The first-order valence-corrected chi connectivity index (χ1v) is 12.6. The van der Waals surface area contributed by atoms with Crippen molar-refractivity contribution in [3.63, 3.8) is 0 Å². The van der Waals surface area contributed by atoms with E-state index in [0.717, 1.165) is 35.8 Å². The minimum absolute atomic E-state index is 0.163. The number of nitrogens with zero attached hydrogens (tertiary/aromatic N) is 3. The SMILES string of the molecule is O=C(C1CCCN1C(=O)OCc1ccccc1)N(c1cccc(NCC2CC2)c1)c1nccs1. The Balaban J connectivity index is 1.33. The van der Waals surface area contributed by atoms with Crippen LogP contribution in [0.4, 0.5) is 21.3 Å². The molecular weight excluding hydrogens is 448 g/mol. The maximum Gasteiger partial charge on any atom is 0.410 e. The first-order chi connectivity index (χ1) is 16.7. The van der Waals surface area contributed by atoms with Crippen LogP contribution >= 0.6 is 11.3 Å². The summed E-state index contributed by atoms with van der Waals surface area (Å²) in [4.78, 5) is 34.4. The van der Waals surface area contributed by atoms with Crippen molar-refractivity contribution in [2.45, 2.75) is 38.3 Å². The van der Waals surface area contributed by atoms with Gasteiger partial charge in [-0.1, -0.05) is 36.4 Å². The summed E-state index contributed by atoms with van der Waals surface area (Å²) >= 11 is 1.40. The van der Waals surface area contributed by atoms with Crippen molar-refractivity contribution in [1.29, 1.82) is 0 Å². The Labute approximate surface area is 203 Å². The highest BCUT2D eigenvalue weighted by molar-refractivity contribution is 7.13. The summed E-state index contributed by atoms with van der Waals surface area (Å²) in [7, 11) is 0. The molecule has 1 unspecified atom stereocenters. The molecule has 1 aliphatic carbocycles. The number of hydrogen-bond acceptors (Lipinski definition) is 6. The lowest BCUT2D eigenvalue weighted by molar-refractivity contribution is -0.121. The number of carbonyl (C=O) groups is 2. The van der Waals surface area contributed by atoms with E-state index in [0.29, 0.717) is 18.1 Å². The molecule has 1 N–H and O–H groups in total. The minimum Gasteiger partial charge on any atom is -0.445 e. The van der Waals surface area contributed by atoms with Gasteiger partial charge >= 0.3 is 6.09 Å². The summed E-state index contributed by atoms with van der Waals surface area (Å²) in [6.07, 6.45) is 5.13. The van der Waals surface area contributed by atoms with E-state index in [2.05, 4.69) is 10.3 Å². The minimum atomic E-state index is -0.588. The zero-order valence-electron chi connectivity index (χ0n) is 18.9. The van der Waals surface area contributed by atoms with Crippen LogP contribution in [-0.2, 0) is 16.1 Å². The summed E-state index contributed by atoms with van der Waals surface area (Å²) in [5.41, 5.74) is 2.63. The van der Waals surface area contributed by atoms with Gasteiger partial charge in [-0.15, -0.1) is 11.3 Å². The third kappa shape index (κ3) is 5.22. The van der Waals surface area contributed by atoms with Crippen molar-refractivity contribution in [3.05, 3.63) is 71.7 Å². The van der Waals surface area contributed by atoms with E-state index in [1.54, 1.807) is 16.0 Å². The molecule has 1 atom stereocenters. The van der Waals surface area contributed by atoms with E-state index in [-0.39, 0.29) is 12.5 Å². The summed E-state index contributed by atoms with van der Waals surface area (Å²) in [6, 6.07) is 16.8. The number of nitrogens with one attached hydrogen (secondary N) is 1. The highest BCUT2D eigenvalue weighted by Gasteiger charge is 2.39. The summed E-state index contributed by atoms with van der Waals surface area (Å²) in [5.74, 6) is 0.581. The zero-order chi connectivity index (χ0) is 23.3. The summed E-state index contributed by atoms with van der Waals surface area (Å²) in [5, 5.41) is 5.92. The normalized spacial score (nSPS) is 17.4. The van der Waals surface area contributed by atoms with Crippen LogP contribution in [-0.4, -0.2) is 41.0 Å². The van der Waals surface area contributed by atoms with Crippen molar-refractivity contribution in [3.8, 4) is 0 Å². The Kier molecular flexibility index (Phi) is 6.76. The molecule has 2 amide bonds. The number of rotatable bonds is 8. The maximum absolute atomic E-state index is 13.8. The second-order valence-electron chi connectivity index (χ2n) is 8.75. The Bertz CT molecular complexity index is 1120. The predicted molar refractivity (Wildman–Crippen MR) is 133 cm³/mol. The van der Waals surface area contributed by atoms with Crippen LogP contribution in [0.3, 0.4) is 0 Å². The molecule has 7 nitrogen and oxygen atoms in total. The molecule has 5 rings (SSSR count). The molecule has 0 spiro atoms. The number of hydrogen-bond donors (Lipinski definition) is 1. The first-order valence-electron chi connectivity index (χ1n) is 11.7. The van der Waals surface area contributed by atoms with Gasteiger partial charge in [0, 0.05) is 30.4 Å². The monoisotopic (exact) mass is 476 g/mol. The predicted octanol–water partition coefficient (Wildman–Crippen LogP) is 5.43. The van der Waals surface area contributed by atoms with E-state index in [9.17, 15) is 9.59 Å². The van der Waals surface area contributed by atoms with Crippen LogP contribution in [0.2, 0.25) is 0 Å². The maximum atomic E-state index is 13.8. The molecule has 0 radical (unpaired) electrons. The van der Waals surface area contributed by atoms with Gasteiger partial charge in [-0.05, 0) is 55.4 Å². The van der Waals surface area contributed by atoms with Gasteiger partial charge in [0.2, 0.25) is 0 Å². The Hall–Kier alpha value is -3.39. The highest BCUT2D eigenvalue weighted by atomic mass is 32.1. The van der Waals surface area contributed by atoms with Crippen molar-refractivity contribution in [2.24, 2.45) is 5.92 Å². The summed E-state index contributed by atoms with van der Waals surface area (Å²) in [6.45, 7) is 1.62. The first kappa shape index (κ1) is 22.4. The van der Waals surface area contributed by atoms with Crippen molar-refractivity contribution in [1.82, 2.24) is 9.88 Å². The topological polar surface area (TPSA) is 74.8 Å². The average molecular weight is 477 g/mol. The van der Waals surface area contributed by atoms with Crippen molar-refractivity contribution < 1.29 is 14.3 Å². The van der Waals surface area contributed by atoms with Crippen LogP contribution in [0.1, 0.15) is 31.2 Å². The van der Waals surface area contributed by atoms with Crippen molar-refractivity contribution in [2.75, 3.05) is 23.3 Å². The fraction of sp³-hybridized carbons (Fsp3) is 0.346. The standard InChI is InChI=1S/C26H28N4O3S/c31-24(23-10-5-14-29(23)26(32)33-18-20-6-2-1-3-7-20)30(25-27-13-15-34-25)22-9-4-8-21(16-22)28-17-19-11-12-19/h1-4,6-9,13,15-16,19,23,28H,5,10-12,14,17-18H2. The van der Waals surface area contributed by atoms with Gasteiger partial charge < -0.3 is 10.1 Å². The molecule has 1 aliphatic heterocycles. The van der Waals surface area contributed by atoms with Gasteiger partial charge in [0.1, 0.15) is 12.6 Å². The van der Waals surface area contributed by atoms with Crippen LogP contribution < -0.4 is 10.2 Å². The number of thiazole rings is 1. The second-order valence-corrected chi connectivity index (χ2v) is 9.63. The number of likely N-dealkylation sites (tertiary alicyclic amines) is 1. The molecule has 0 bridgehead atoms. The lowest BCUT2D eigenvalue weighted by atomic mass is 10.1. The van der Waals surface area contributed by atoms with E-state index < -0.39 is 12.1 Å². The fourth-order valence-corrected chi connectivity index (χ4v) is 4.86. The number of amides is 2. The molecule has 2 aliphatic rings. The van der Waals surface area contributed by atoms with Gasteiger partial charge in [0.15, 0.2) is 5.13 Å². The smallest absolute Gasteiger partial charge is 0.410 e. The van der Waals surface area contributed by atoms with Gasteiger partial charge in [0.25, 0.3) is 5.91 Å². The largest absolute Gasteiger partial charge is 0.445 e. The molecule has 2 heterocycles. The number of benzene rings is 2. The van der Waals surface area contributed by atoms with E-state index in [1.165, 1.54) is 24.2 Å². The molecule has 3 aromatic rings. The molecule has 1 saturated carbocycles. The number of anilines is 3. The van der Waals surface area contributed by atoms with Gasteiger partial charge in [-0.2, -0.15) is 0 Å². The van der Waals surface area contributed by atoms with Gasteiger partial charge in [-0.25, -0.2) is 9.78 Å². The molecule has 1 saturated heterocycles. The lowest BCUT2D eigenvalue weighted by Gasteiger charge is -2.28. The van der Waals surface area contributed by atoms with Crippen LogP contribution in [0.25, 0.3) is 0 Å². The van der Waals surface area contributed by atoms with E-state index in [4.69, 9.17) is 4.74 Å². The van der Waals surface area contributed by atoms with E-state index >= 15 is 0 Å². The van der Waals surface area contributed by atoms with Gasteiger partial charge in [0.05, 0.1) is 5.69 Å². The number of carbonyl (C=O) groups excluding carboxylic acids is 2. The molecular formula is C26H28N4O3S. The Morgan fingerprint density at radius 1 is 1.12 bits per heavy atom. The van der Waals surface area contributed by atoms with Crippen LogP contribution in [0.15, 0.2) is 66.2 Å². The lowest BCUT2D eigenvalue weighted by Crippen LogP contribution is -2.46. The zero-order valence-corrected chi connectivity index (χ0v) is 19.7. The van der Waals surface area contributed by atoms with Crippen LogP contribution in [0, 0.1) is 5.92 Å². The van der Waals surface area contributed by atoms with Crippen LogP contribution in [0.5, 0.6) is 0 Å². The number of aromatic nitrogens is 1. The molecule has 2 fully saturated rings. The Morgan fingerprint density at radius 3 is 2.74 bits per heavy atom. The molecule has 2 aromatic carbocycles. The molecule has 8 heteroatoms. The average Bonchev–Trinajstić information content (AvgIpc) is 3.31. The Morgan fingerprint density at radius 2 is 1.97 bits per heavy atom. The van der Waals surface area contributed by atoms with Gasteiger partial charge in [-0.3, -0.25) is 14.6 Å². The van der Waals surface area contributed by atoms with E-state index in [1.807, 2.05) is 60.0 Å². The summed E-state index contributed by atoms with van der Waals surface area (Å²) < 4.78 is 5.54. The third-order valence-electron chi connectivity index (χ3n) is 6.20. The molecule has 176 valence electrons. The molecule has 1 aromatic heterocycles.